The number of carbonyl (C=O) groups is 1. The third-order valence-corrected chi connectivity index (χ3v) is 5.17. The fourth-order valence-corrected chi connectivity index (χ4v) is 3.94. The summed E-state index contributed by atoms with van der Waals surface area (Å²) in [5.41, 5.74) is 0.523. The Hall–Kier alpha value is -1.38. The van der Waals surface area contributed by atoms with E-state index in [2.05, 4.69) is 15.6 Å². The zero-order valence-electron chi connectivity index (χ0n) is 11.2. The van der Waals surface area contributed by atoms with E-state index in [9.17, 15) is 13.6 Å². The highest BCUT2D eigenvalue weighted by Gasteiger charge is 2.27. The van der Waals surface area contributed by atoms with Gasteiger partial charge < -0.3 is 5.32 Å². The minimum Gasteiger partial charge on any atom is -0.306 e. The topological polar surface area (TPSA) is 54.0 Å². The number of nitrogens with zero attached hydrogens (tertiary/aromatic N) is 1. The summed E-state index contributed by atoms with van der Waals surface area (Å²) in [5, 5.41) is 5.45. The van der Waals surface area contributed by atoms with Crippen LogP contribution in [0.15, 0.2) is 12.3 Å². The lowest BCUT2D eigenvalue weighted by Crippen LogP contribution is -2.13. The highest BCUT2D eigenvalue weighted by Crippen LogP contribution is 2.33. The van der Waals surface area contributed by atoms with Gasteiger partial charge in [-0.1, -0.05) is 11.3 Å². The molecule has 3 rings (SSSR count). The van der Waals surface area contributed by atoms with Gasteiger partial charge in [-0.05, 0) is 13.0 Å². The van der Waals surface area contributed by atoms with E-state index in [0.29, 0.717) is 18.5 Å². The van der Waals surface area contributed by atoms with Crippen molar-refractivity contribution in [3.63, 3.8) is 0 Å². The van der Waals surface area contributed by atoms with E-state index in [4.69, 9.17) is 0 Å². The van der Waals surface area contributed by atoms with Crippen LogP contribution in [0.4, 0.5) is 13.9 Å². The maximum atomic E-state index is 13.2. The van der Waals surface area contributed by atoms with Crippen LogP contribution in [0.1, 0.15) is 32.6 Å². The first-order chi connectivity index (χ1) is 10.0. The van der Waals surface area contributed by atoms with Gasteiger partial charge in [0.25, 0.3) is 5.91 Å². The first kappa shape index (κ1) is 14.6. The molecule has 0 spiro atoms. The number of thiazole rings is 1. The van der Waals surface area contributed by atoms with Crippen molar-refractivity contribution in [2.75, 3.05) is 11.9 Å². The van der Waals surface area contributed by atoms with Crippen LogP contribution in [0.3, 0.4) is 0 Å². The first-order valence-electron chi connectivity index (χ1n) is 6.43. The molecule has 0 saturated carbocycles. The molecule has 4 nitrogen and oxygen atoms in total. The van der Waals surface area contributed by atoms with Crippen LogP contribution < -0.4 is 10.6 Å². The number of halogens is 2. The molecule has 0 bridgehead atoms. The van der Waals surface area contributed by atoms with Gasteiger partial charge in [0.2, 0.25) is 0 Å². The second-order valence-corrected chi connectivity index (χ2v) is 7.10. The van der Waals surface area contributed by atoms with Crippen molar-refractivity contribution in [2.24, 2.45) is 0 Å². The maximum Gasteiger partial charge on any atom is 0.258 e. The van der Waals surface area contributed by atoms with Crippen LogP contribution >= 0.6 is 22.7 Å². The lowest BCUT2D eigenvalue weighted by molar-refractivity contribution is 0.102. The summed E-state index contributed by atoms with van der Waals surface area (Å²) in [7, 11) is 0. The van der Waals surface area contributed by atoms with Crippen LogP contribution in [-0.4, -0.2) is 23.6 Å². The maximum absolute atomic E-state index is 13.2. The number of rotatable bonds is 3. The van der Waals surface area contributed by atoms with E-state index in [1.165, 1.54) is 11.3 Å². The average molecular weight is 329 g/mol. The number of carbonyl (C=O) groups excluding carboxylic acids is 1. The van der Waals surface area contributed by atoms with Crippen molar-refractivity contribution >= 4 is 33.7 Å². The molecule has 21 heavy (non-hydrogen) atoms. The first-order valence-corrected chi connectivity index (χ1v) is 8.06. The zero-order valence-corrected chi connectivity index (χ0v) is 12.8. The largest absolute Gasteiger partial charge is 0.306 e. The average Bonchev–Trinajstić information content (AvgIpc) is 3.11. The standard InChI is InChI=1S/C13H13F2N3OS2/c1-6-8(12(19)18-13-17-5-11(15)21-13)3-10(20-6)9-2-7(14)4-16-9/h3,5,7,9,16H,2,4H2,1H3,(H,17,18,19)/t7-,9+/m1/s1. The van der Waals surface area contributed by atoms with Gasteiger partial charge in [-0.3, -0.25) is 10.1 Å². The second kappa shape index (κ2) is 5.78. The Morgan fingerprint density at radius 3 is 2.95 bits per heavy atom. The van der Waals surface area contributed by atoms with Crippen molar-refractivity contribution in [3.05, 3.63) is 32.7 Å². The van der Waals surface area contributed by atoms with Crippen LogP contribution in [0.2, 0.25) is 0 Å². The van der Waals surface area contributed by atoms with Gasteiger partial charge in [-0.2, -0.15) is 4.39 Å². The lowest BCUT2D eigenvalue weighted by Gasteiger charge is -2.05. The summed E-state index contributed by atoms with van der Waals surface area (Å²) in [6.07, 6.45) is 0.655. The molecule has 1 saturated heterocycles. The number of anilines is 1. The molecule has 0 unspecified atom stereocenters. The normalized spacial score (nSPS) is 21.7. The predicted octanol–water partition coefficient (Wildman–Crippen LogP) is 3.28. The van der Waals surface area contributed by atoms with Crippen molar-refractivity contribution in [3.8, 4) is 0 Å². The number of thiophene rings is 1. The Kier molecular flexibility index (Phi) is 4.01. The molecule has 2 aromatic heterocycles. The summed E-state index contributed by atoms with van der Waals surface area (Å²) >= 11 is 2.26. The molecule has 1 aliphatic heterocycles. The minimum absolute atomic E-state index is 0.0393. The molecule has 2 atom stereocenters. The summed E-state index contributed by atoms with van der Waals surface area (Å²) in [6.45, 7) is 2.19. The molecule has 112 valence electrons. The molecule has 2 aromatic rings. The molecule has 2 N–H and O–H groups in total. The Morgan fingerprint density at radius 1 is 1.52 bits per heavy atom. The van der Waals surface area contributed by atoms with E-state index < -0.39 is 11.3 Å². The van der Waals surface area contributed by atoms with Gasteiger partial charge >= 0.3 is 0 Å². The SMILES string of the molecule is Cc1sc([C@@H]2C[C@@H](F)CN2)cc1C(=O)Nc1ncc(F)s1. The summed E-state index contributed by atoms with van der Waals surface area (Å²) in [5.74, 6) is -0.320. The van der Waals surface area contributed by atoms with Gasteiger partial charge in [0, 0.05) is 28.8 Å². The number of aryl methyl sites for hydroxylation is 1. The van der Waals surface area contributed by atoms with Crippen LogP contribution in [0.25, 0.3) is 0 Å². The Bertz CT molecular complexity index is 670. The third kappa shape index (κ3) is 3.12. The molecule has 0 radical (unpaired) electrons. The van der Waals surface area contributed by atoms with Gasteiger partial charge in [0.1, 0.15) is 6.17 Å². The van der Waals surface area contributed by atoms with E-state index >= 15 is 0 Å². The van der Waals surface area contributed by atoms with E-state index in [1.807, 2.05) is 6.92 Å². The quantitative estimate of drug-likeness (QED) is 0.909. The Balaban J connectivity index is 1.76. The monoisotopic (exact) mass is 329 g/mol. The molecule has 1 amide bonds. The van der Waals surface area contributed by atoms with Crippen molar-refractivity contribution in [1.29, 1.82) is 0 Å². The minimum atomic E-state index is -0.840. The van der Waals surface area contributed by atoms with Gasteiger partial charge in [-0.25, -0.2) is 9.37 Å². The smallest absolute Gasteiger partial charge is 0.258 e. The number of alkyl halides is 1. The second-order valence-electron chi connectivity index (χ2n) is 4.84. The lowest BCUT2D eigenvalue weighted by atomic mass is 10.1. The summed E-state index contributed by atoms with van der Waals surface area (Å²) in [4.78, 5) is 17.7. The fourth-order valence-electron chi connectivity index (χ4n) is 2.29. The number of amides is 1. The Labute approximate surface area is 128 Å². The van der Waals surface area contributed by atoms with Crippen LogP contribution in [0, 0.1) is 12.1 Å². The Morgan fingerprint density at radius 2 is 2.33 bits per heavy atom. The van der Waals surface area contributed by atoms with Gasteiger partial charge in [0.15, 0.2) is 10.3 Å². The number of nitrogens with one attached hydrogen (secondary N) is 2. The van der Waals surface area contributed by atoms with Crippen molar-refractivity contribution in [1.82, 2.24) is 10.3 Å². The van der Waals surface area contributed by atoms with E-state index in [0.717, 1.165) is 27.3 Å². The number of aromatic nitrogens is 1. The number of hydrogen-bond donors (Lipinski definition) is 2. The van der Waals surface area contributed by atoms with E-state index in [-0.39, 0.29) is 17.1 Å². The van der Waals surface area contributed by atoms with E-state index in [1.54, 1.807) is 6.07 Å². The summed E-state index contributed by atoms with van der Waals surface area (Å²) < 4.78 is 26.1. The molecule has 1 fully saturated rings. The van der Waals surface area contributed by atoms with Crippen molar-refractivity contribution in [2.45, 2.75) is 25.6 Å². The molecular weight excluding hydrogens is 316 g/mol. The fraction of sp³-hybridized carbons (Fsp3) is 0.385. The van der Waals surface area contributed by atoms with Gasteiger partial charge in [0.05, 0.1) is 11.8 Å². The molecular formula is C13H13F2N3OS2. The molecule has 3 heterocycles. The van der Waals surface area contributed by atoms with Crippen LogP contribution in [-0.2, 0) is 0 Å². The third-order valence-electron chi connectivity index (χ3n) is 3.30. The number of hydrogen-bond acceptors (Lipinski definition) is 5. The molecule has 0 aromatic carbocycles. The van der Waals surface area contributed by atoms with Gasteiger partial charge in [-0.15, -0.1) is 11.3 Å². The zero-order chi connectivity index (χ0) is 15.0. The highest BCUT2D eigenvalue weighted by molar-refractivity contribution is 7.14. The molecule has 0 aliphatic carbocycles. The van der Waals surface area contributed by atoms with Crippen LogP contribution in [0.5, 0.6) is 0 Å². The molecule has 1 aliphatic rings. The highest BCUT2D eigenvalue weighted by atomic mass is 32.1. The predicted molar refractivity (Wildman–Crippen MR) is 79.3 cm³/mol. The van der Waals surface area contributed by atoms with Crippen molar-refractivity contribution < 1.29 is 13.6 Å². The molecule has 8 heteroatoms. The summed E-state index contributed by atoms with van der Waals surface area (Å²) in [6, 6.07) is 1.73.